The van der Waals surface area contributed by atoms with Crippen LogP contribution in [0, 0.1) is 5.92 Å². The zero-order chi connectivity index (χ0) is 12.6. The molecule has 0 aliphatic rings. The first kappa shape index (κ1) is 14.5. The molecule has 0 unspecified atom stereocenters. The van der Waals surface area contributed by atoms with E-state index < -0.39 is 0 Å². The molecule has 0 rings (SSSR count). The molecule has 0 aromatic carbocycles. The summed E-state index contributed by atoms with van der Waals surface area (Å²) in [6.45, 7) is 8.14. The summed E-state index contributed by atoms with van der Waals surface area (Å²) in [5, 5.41) is 1.22. The number of rotatable bonds is 5. The maximum Gasteiger partial charge on any atom is 0.268 e. The predicted octanol–water partition coefficient (Wildman–Crippen LogP) is 1.07. The van der Waals surface area contributed by atoms with Crippen LogP contribution in [0.4, 0.5) is 0 Å². The third-order valence-electron chi connectivity index (χ3n) is 1.61. The summed E-state index contributed by atoms with van der Waals surface area (Å²) < 4.78 is 5.12. The van der Waals surface area contributed by atoms with Crippen LogP contribution in [-0.2, 0) is 14.3 Å². The smallest absolute Gasteiger partial charge is 0.268 e. The molecule has 0 aliphatic carbocycles. The van der Waals surface area contributed by atoms with Gasteiger partial charge in [0.05, 0.1) is 12.9 Å². The molecule has 0 spiro atoms. The Labute approximate surface area is 96.4 Å². The lowest BCUT2D eigenvalue weighted by Crippen LogP contribution is -2.44. The van der Waals surface area contributed by atoms with Crippen LogP contribution in [0.15, 0.2) is 12.3 Å². The van der Waals surface area contributed by atoms with Gasteiger partial charge in [-0.1, -0.05) is 13.8 Å². The van der Waals surface area contributed by atoms with Crippen molar-refractivity contribution in [2.75, 3.05) is 13.2 Å². The van der Waals surface area contributed by atoms with E-state index >= 15 is 0 Å². The highest BCUT2D eigenvalue weighted by Crippen LogP contribution is 1.93. The molecule has 1 N–H and O–H groups in total. The van der Waals surface area contributed by atoms with E-state index in [2.05, 4.69) is 5.43 Å². The van der Waals surface area contributed by atoms with E-state index in [1.54, 1.807) is 6.92 Å². The number of ether oxygens (including phenoxy) is 1. The third-order valence-corrected chi connectivity index (χ3v) is 1.61. The Morgan fingerprint density at radius 1 is 1.44 bits per heavy atom. The minimum absolute atomic E-state index is 0.272. The second kappa shape index (κ2) is 7.73. The Kier molecular flexibility index (Phi) is 7.00. The normalized spacial score (nSPS) is 10.6. The molecule has 92 valence electrons. The molecule has 0 aromatic heterocycles. The molecule has 5 nitrogen and oxygen atoms in total. The lowest BCUT2D eigenvalue weighted by Gasteiger charge is -2.18. The molecule has 0 aliphatic heterocycles. The molecular formula is C11H20N2O3. The number of hydrogen-bond donors (Lipinski definition) is 1. The van der Waals surface area contributed by atoms with Crippen molar-refractivity contribution in [1.82, 2.24) is 10.4 Å². The van der Waals surface area contributed by atoms with Crippen LogP contribution in [-0.4, -0.2) is 30.0 Å². The zero-order valence-electron chi connectivity index (χ0n) is 10.3. The maximum atomic E-state index is 11.5. The van der Waals surface area contributed by atoms with Gasteiger partial charge in [0.2, 0.25) is 5.91 Å². The largest absolute Gasteiger partial charge is 0.501 e. The molecular weight excluding hydrogens is 208 g/mol. The van der Waals surface area contributed by atoms with Gasteiger partial charge in [-0.3, -0.25) is 20.0 Å². The van der Waals surface area contributed by atoms with Crippen LogP contribution in [0.1, 0.15) is 27.7 Å². The molecule has 0 radical (unpaired) electrons. The summed E-state index contributed by atoms with van der Waals surface area (Å²) in [5.74, 6) is -0.162. The van der Waals surface area contributed by atoms with Crippen LogP contribution in [0.2, 0.25) is 0 Å². The van der Waals surface area contributed by atoms with Gasteiger partial charge in [-0.05, 0) is 12.8 Å². The van der Waals surface area contributed by atoms with E-state index in [-0.39, 0.29) is 11.8 Å². The minimum atomic E-state index is -0.304. The Hall–Kier alpha value is -1.52. The molecule has 0 saturated carbocycles. The van der Waals surface area contributed by atoms with Gasteiger partial charge in [0.1, 0.15) is 0 Å². The van der Waals surface area contributed by atoms with E-state index in [0.29, 0.717) is 19.1 Å². The number of hydrazine groups is 1. The SMILES string of the molecule is CCN(NC(C)=O)C(=O)/C=C/OCC(C)C. The minimum Gasteiger partial charge on any atom is -0.501 e. The Morgan fingerprint density at radius 3 is 2.50 bits per heavy atom. The van der Waals surface area contributed by atoms with Gasteiger partial charge in [-0.25, -0.2) is 0 Å². The van der Waals surface area contributed by atoms with E-state index in [4.69, 9.17) is 4.74 Å². The van der Waals surface area contributed by atoms with E-state index in [9.17, 15) is 9.59 Å². The number of likely N-dealkylation sites (N-methyl/N-ethyl adjacent to an activating group) is 1. The van der Waals surface area contributed by atoms with Gasteiger partial charge < -0.3 is 4.74 Å². The predicted molar refractivity (Wildman–Crippen MR) is 61.1 cm³/mol. The van der Waals surface area contributed by atoms with Crippen molar-refractivity contribution in [3.8, 4) is 0 Å². The lowest BCUT2D eigenvalue weighted by molar-refractivity contribution is -0.136. The number of carbonyl (C=O) groups is 2. The van der Waals surface area contributed by atoms with Gasteiger partial charge in [0, 0.05) is 19.5 Å². The molecule has 0 fully saturated rings. The lowest BCUT2D eigenvalue weighted by atomic mass is 10.2. The van der Waals surface area contributed by atoms with Crippen molar-refractivity contribution in [1.29, 1.82) is 0 Å². The highest BCUT2D eigenvalue weighted by atomic mass is 16.5. The van der Waals surface area contributed by atoms with Crippen LogP contribution >= 0.6 is 0 Å². The zero-order valence-corrected chi connectivity index (χ0v) is 10.3. The molecule has 5 heteroatoms. The van der Waals surface area contributed by atoms with Crippen molar-refractivity contribution in [2.24, 2.45) is 5.92 Å². The van der Waals surface area contributed by atoms with Gasteiger partial charge in [0.15, 0.2) is 0 Å². The standard InChI is InChI=1S/C11H20N2O3/c1-5-13(12-10(4)14)11(15)6-7-16-8-9(2)3/h6-7,9H,5,8H2,1-4H3,(H,12,14)/b7-6+. The summed E-state index contributed by atoms with van der Waals surface area (Å²) >= 11 is 0. The average molecular weight is 228 g/mol. The van der Waals surface area contributed by atoms with E-state index in [1.165, 1.54) is 24.3 Å². The molecule has 0 aromatic rings. The summed E-state index contributed by atoms with van der Waals surface area (Å²) in [6.07, 6.45) is 2.65. The highest BCUT2D eigenvalue weighted by molar-refractivity contribution is 5.89. The van der Waals surface area contributed by atoms with Crippen molar-refractivity contribution < 1.29 is 14.3 Å². The van der Waals surface area contributed by atoms with Crippen molar-refractivity contribution in [3.05, 3.63) is 12.3 Å². The first-order valence-electron chi connectivity index (χ1n) is 5.34. The topological polar surface area (TPSA) is 58.6 Å². The van der Waals surface area contributed by atoms with Crippen molar-refractivity contribution in [3.63, 3.8) is 0 Å². The van der Waals surface area contributed by atoms with Crippen LogP contribution < -0.4 is 5.43 Å². The first-order valence-corrected chi connectivity index (χ1v) is 5.34. The second-order valence-electron chi connectivity index (χ2n) is 3.78. The van der Waals surface area contributed by atoms with Crippen LogP contribution in [0.3, 0.4) is 0 Å². The number of hydrogen-bond acceptors (Lipinski definition) is 3. The number of nitrogens with one attached hydrogen (secondary N) is 1. The summed E-state index contributed by atoms with van der Waals surface area (Å²) in [5.41, 5.74) is 2.42. The fraction of sp³-hybridized carbons (Fsp3) is 0.636. The Bertz CT molecular complexity index is 262. The van der Waals surface area contributed by atoms with Crippen molar-refractivity contribution in [2.45, 2.75) is 27.7 Å². The molecule has 0 heterocycles. The first-order chi connectivity index (χ1) is 7.47. The van der Waals surface area contributed by atoms with E-state index in [0.717, 1.165) is 0 Å². The van der Waals surface area contributed by atoms with Gasteiger partial charge >= 0.3 is 0 Å². The second-order valence-corrected chi connectivity index (χ2v) is 3.78. The molecule has 0 saturated heterocycles. The monoisotopic (exact) mass is 228 g/mol. The Balaban J connectivity index is 4.05. The number of amides is 2. The molecule has 2 amide bonds. The highest BCUT2D eigenvalue weighted by Gasteiger charge is 2.08. The summed E-state index contributed by atoms with van der Waals surface area (Å²) in [4.78, 5) is 22.3. The quantitative estimate of drug-likeness (QED) is 0.435. The molecule has 0 atom stereocenters. The summed E-state index contributed by atoms with van der Waals surface area (Å²) in [7, 11) is 0. The maximum absolute atomic E-state index is 11.5. The number of nitrogens with zero attached hydrogens (tertiary/aromatic N) is 1. The van der Waals surface area contributed by atoms with Crippen LogP contribution in [0.5, 0.6) is 0 Å². The van der Waals surface area contributed by atoms with Gasteiger partial charge in [-0.15, -0.1) is 0 Å². The van der Waals surface area contributed by atoms with Gasteiger partial charge in [0.25, 0.3) is 5.91 Å². The third kappa shape index (κ3) is 6.86. The fourth-order valence-corrected chi connectivity index (χ4v) is 0.924. The number of carbonyl (C=O) groups excluding carboxylic acids is 2. The van der Waals surface area contributed by atoms with Crippen molar-refractivity contribution >= 4 is 11.8 Å². The van der Waals surface area contributed by atoms with Crippen LogP contribution in [0.25, 0.3) is 0 Å². The average Bonchev–Trinajstić information content (AvgIpc) is 2.20. The fourth-order valence-electron chi connectivity index (χ4n) is 0.924. The summed E-state index contributed by atoms with van der Waals surface area (Å²) in [6, 6.07) is 0. The molecule has 0 bridgehead atoms. The molecule has 16 heavy (non-hydrogen) atoms. The van der Waals surface area contributed by atoms with E-state index in [1.807, 2.05) is 13.8 Å². The Morgan fingerprint density at radius 2 is 2.06 bits per heavy atom. The van der Waals surface area contributed by atoms with Gasteiger partial charge in [-0.2, -0.15) is 0 Å².